The van der Waals surface area contributed by atoms with Crippen molar-refractivity contribution >= 4 is 18.1 Å². The number of benzene rings is 2. The topological polar surface area (TPSA) is 75.6 Å². The van der Waals surface area contributed by atoms with Gasteiger partial charge in [0, 0.05) is 17.8 Å². The van der Waals surface area contributed by atoms with Gasteiger partial charge in [-0.3, -0.25) is 9.59 Å². The van der Waals surface area contributed by atoms with Crippen LogP contribution < -0.4 is 5.32 Å². The second kappa shape index (κ2) is 12.2. The molecule has 0 spiro atoms. The maximum atomic E-state index is 14.1. The number of carbonyl (C=O) groups excluding carboxylic acids is 1. The van der Waals surface area contributed by atoms with E-state index in [2.05, 4.69) is 36.2 Å². The first kappa shape index (κ1) is 27.4. The Kier molecular flexibility index (Phi) is 9.25. The summed E-state index contributed by atoms with van der Waals surface area (Å²) >= 11 is 0. The number of halogens is 4. The molecule has 2 aromatic rings. The molecule has 1 heterocycles. The zero-order valence-corrected chi connectivity index (χ0v) is 19.6. The van der Waals surface area contributed by atoms with E-state index in [-0.39, 0.29) is 29.9 Å². The lowest BCUT2D eigenvalue weighted by Crippen LogP contribution is -2.28. The fourth-order valence-corrected chi connectivity index (χ4v) is 4.92. The standard InChI is InChI=1S/C26H27F4NO2.CH2O2/c1-2-16-14-33-15-22(16)18-8-6-17(7-9-18)19-4-3-5-20(12-19)25(32)31-24-11-10-21(13-23(24)27)26(28,29)30;2-1-3/h2,6-11,13,16,19-20,22H,1,3-5,12,14-15H2,(H,31,32);1H,(H,2,3). The molecule has 9 heteroatoms. The molecular weight excluding hydrogens is 478 g/mol. The van der Waals surface area contributed by atoms with Crippen molar-refractivity contribution in [1.29, 1.82) is 0 Å². The van der Waals surface area contributed by atoms with E-state index < -0.39 is 17.6 Å². The van der Waals surface area contributed by atoms with E-state index in [9.17, 15) is 22.4 Å². The van der Waals surface area contributed by atoms with Crippen LogP contribution in [0.15, 0.2) is 55.1 Å². The van der Waals surface area contributed by atoms with Crippen LogP contribution in [0.25, 0.3) is 0 Å². The minimum absolute atomic E-state index is 0.205. The van der Waals surface area contributed by atoms with Crippen LogP contribution in [0.4, 0.5) is 23.2 Å². The smallest absolute Gasteiger partial charge is 0.416 e. The van der Waals surface area contributed by atoms with Crippen molar-refractivity contribution in [2.75, 3.05) is 18.5 Å². The molecule has 1 amide bonds. The van der Waals surface area contributed by atoms with Gasteiger partial charge in [-0.1, -0.05) is 36.8 Å². The summed E-state index contributed by atoms with van der Waals surface area (Å²) in [6, 6.07) is 10.6. The molecular formula is C27H29F4NO4. The monoisotopic (exact) mass is 507 g/mol. The number of alkyl halides is 3. The molecule has 1 saturated carbocycles. The molecule has 1 aliphatic carbocycles. The summed E-state index contributed by atoms with van der Waals surface area (Å²) in [5.41, 5.74) is 1.06. The Morgan fingerprint density at radius 3 is 2.36 bits per heavy atom. The normalized spacial score (nSPS) is 23.8. The van der Waals surface area contributed by atoms with Crippen LogP contribution in [0, 0.1) is 17.7 Å². The maximum absolute atomic E-state index is 14.1. The van der Waals surface area contributed by atoms with E-state index in [1.807, 2.05) is 6.08 Å². The fraction of sp³-hybridized carbons (Fsp3) is 0.407. The van der Waals surface area contributed by atoms with E-state index in [0.717, 1.165) is 30.5 Å². The highest BCUT2D eigenvalue weighted by Crippen LogP contribution is 2.39. The third kappa shape index (κ3) is 6.72. The Labute approximate surface area is 207 Å². The number of hydrogen-bond acceptors (Lipinski definition) is 3. The van der Waals surface area contributed by atoms with Gasteiger partial charge in [-0.25, -0.2) is 4.39 Å². The summed E-state index contributed by atoms with van der Waals surface area (Å²) in [6.45, 7) is 5.02. The highest BCUT2D eigenvalue weighted by atomic mass is 19.4. The van der Waals surface area contributed by atoms with E-state index in [1.165, 1.54) is 5.56 Å². The third-order valence-corrected chi connectivity index (χ3v) is 6.86. The molecule has 0 radical (unpaired) electrons. The molecule has 2 N–H and O–H groups in total. The van der Waals surface area contributed by atoms with E-state index in [0.29, 0.717) is 44.0 Å². The average Bonchev–Trinajstić information content (AvgIpc) is 3.34. The second-order valence-corrected chi connectivity index (χ2v) is 9.06. The van der Waals surface area contributed by atoms with Crippen LogP contribution in [0.5, 0.6) is 0 Å². The van der Waals surface area contributed by atoms with Crippen molar-refractivity contribution < 1.29 is 37.0 Å². The summed E-state index contributed by atoms with van der Waals surface area (Å²) < 4.78 is 58.0. The van der Waals surface area contributed by atoms with Gasteiger partial charge in [0.2, 0.25) is 5.91 Å². The van der Waals surface area contributed by atoms with Crippen molar-refractivity contribution in [3.63, 3.8) is 0 Å². The van der Waals surface area contributed by atoms with Gasteiger partial charge in [-0.05, 0) is 54.5 Å². The SMILES string of the molecule is C=CC1COCC1c1ccc(C2CCCC(C(=O)Nc3ccc(C(F)(F)F)cc3F)C2)cc1.O=CO. The third-order valence-electron chi connectivity index (χ3n) is 6.86. The average molecular weight is 508 g/mol. The molecule has 194 valence electrons. The first-order valence-corrected chi connectivity index (χ1v) is 11.7. The van der Waals surface area contributed by atoms with Gasteiger partial charge >= 0.3 is 6.18 Å². The molecule has 4 atom stereocenters. The predicted octanol–water partition coefficient (Wildman–Crippen LogP) is 6.37. The van der Waals surface area contributed by atoms with Crippen LogP contribution in [0.2, 0.25) is 0 Å². The first-order chi connectivity index (χ1) is 17.2. The van der Waals surface area contributed by atoms with Gasteiger partial charge < -0.3 is 15.2 Å². The lowest BCUT2D eigenvalue weighted by atomic mass is 9.77. The van der Waals surface area contributed by atoms with E-state index >= 15 is 0 Å². The Bertz CT molecular complexity index is 1050. The molecule has 36 heavy (non-hydrogen) atoms. The Morgan fingerprint density at radius 2 is 1.75 bits per heavy atom. The summed E-state index contributed by atoms with van der Waals surface area (Å²) in [6.07, 6.45) is 0.412. The maximum Gasteiger partial charge on any atom is 0.416 e. The number of amides is 1. The lowest BCUT2D eigenvalue weighted by Gasteiger charge is -2.29. The summed E-state index contributed by atoms with van der Waals surface area (Å²) in [5, 5.41) is 9.37. The summed E-state index contributed by atoms with van der Waals surface area (Å²) in [4.78, 5) is 21.1. The zero-order chi connectivity index (χ0) is 26.3. The van der Waals surface area contributed by atoms with Crippen molar-refractivity contribution in [3.8, 4) is 0 Å². The number of hydrogen-bond donors (Lipinski definition) is 2. The minimum atomic E-state index is -4.63. The van der Waals surface area contributed by atoms with Gasteiger partial charge in [0.05, 0.1) is 24.5 Å². The van der Waals surface area contributed by atoms with Crippen LogP contribution >= 0.6 is 0 Å². The Hall–Kier alpha value is -3.20. The summed E-state index contributed by atoms with van der Waals surface area (Å²) in [7, 11) is 0. The van der Waals surface area contributed by atoms with Gasteiger partial charge in [0.15, 0.2) is 0 Å². The van der Waals surface area contributed by atoms with Crippen molar-refractivity contribution in [2.45, 2.75) is 43.7 Å². The number of carboxylic acid groups (broad SMARTS) is 1. The number of nitrogens with one attached hydrogen (secondary N) is 1. The fourth-order valence-electron chi connectivity index (χ4n) is 4.92. The largest absolute Gasteiger partial charge is 0.483 e. The highest BCUT2D eigenvalue weighted by molar-refractivity contribution is 5.92. The molecule has 1 aliphatic heterocycles. The van der Waals surface area contributed by atoms with Crippen LogP contribution in [-0.4, -0.2) is 30.7 Å². The zero-order valence-electron chi connectivity index (χ0n) is 19.6. The number of rotatable bonds is 5. The number of anilines is 1. The van der Waals surface area contributed by atoms with Gasteiger partial charge in [-0.2, -0.15) is 13.2 Å². The van der Waals surface area contributed by atoms with Crippen molar-refractivity contribution in [1.82, 2.24) is 0 Å². The Balaban J connectivity index is 0.00000115. The van der Waals surface area contributed by atoms with Crippen molar-refractivity contribution in [2.24, 2.45) is 11.8 Å². The van der Waals surface area contributed by atoms with E-state index in [1.54, 1.807) is 0 Å². The molecule has 4 unspecified atom stereocenters. The van der Waals surface area contributed by atoms with Gasteiger partial charge in [0.25, 0.3) is 6.47 Å². The van der Waals surface area contributed by atoms with E-state index in [4.69, 9.17) is 14.6 Å². The second-order valence-electron chi connectivity index (χ2n) is 9.06. The summed E-state index contributed by atoms with van der Waals surface area (Å²) in [5.74, 6) is -0.944. The van der Waals surface area contributed by atoms with Gasteiger partial charge in [-0.15, -0.1) is 6.58 Å². The molecule has 0 aromatic heterocycles. The lowest BCUT2D eigenvalue weighted by molar-refractivity contribution is -0.137. The first-order valence-electron chi connectivity index (χ1n) is 11.7. The number of carbonyl (C=O) groups is 2. The van der Waals surface area contributed by atoms with Crippen LogP contribution in [0.3, 0.4) is 0 Å². The molecule has 2 fully saturated rings. The van der Waals surface area contributed by atoms with Crippen LogP contribution in [0.1, 0.15) is 54.2 Å². The number of ether oxygens (including phenoxy) is 1. The quantitative estimate of drug-likeness (QED) is 0.280. The molecule has 2 aliphatic rings. The highest BCUT2D eigenvalue weighted by Gasteiger charge is 2.33. The molecule has 4 rings (SSSR count). The Morgan fingerprint density at radius 1 is 1.08 bits per heavy atom. The minimum Gasteiger partial charge on any atom is -0.483 e. The molecule has 0 bridgehead atoms. The molecule has 1 saturated heterocycles. The van der Waals surface area contributed by atoms with Crippen LogP contribution in [-0.2, 0) is 20.5 Å². The molecule has 2 aromatic carbocycles. The van der Waals surface area contributed by atoms with Gasteiger partial charge in [0.1, 0.15) is 5.82 Å². The molecule has 5 nitrogen and oxygen atoms in total. The predicted molar refractivity (Wildman–Crippen MR) is 127 cm³/mol. The van der Waals surface area contributed by atoms with Crippen molar-refractivity contribution in [3.05, 3.63) is 77.6 Å².